The average Bonchev–Trinajstić information content (AvgIpc) is 3.19. The molecule has 31 heavy (non-hydrogen) atoms. The maximum Gasteiger partial charge on any atom is 0.306 e. The Morgan fingerprint density at radius 1 is 1.13 bits per heavy atom. The Labute approximate surface area is 196 Å². The molecule has 1 fully saturated rings. The van der Waals surface area contributed by atoms with Gasteiger partial charge in [-0.25, -0.2) is 0 Å². The minimum atomic E-state index is -0.654. The SMILES string of the molecule is Cc1cc(C(Nc2ccc(Cl)c(CCC3CCC(C(=O)O)C3)c2)C(C)C)cc(C)c1Cl. The van der Waals surface area contributed by atoms with Crippen LogP contribution < -0.4 is 5.32 Å². The zero-order valence-electron chi connectivity index (χ0n) is 18.8. The Kier molecular flexibility index (Phi) is 7.93. The van der Waals surface area contributed by atoms with Crippen LogP contribution in [0.3, 0.4) is 0 Å². The molecule has 1 aliphatic rings. The van der Waals surface area contributed by atoms with Gasteiger partial charge in [0.15, 0.2) is 0 Å². The van der Waals surface area contributed by atoms with Crippen LogP contribution in [-0.2, 0) is 11.2 Å². The van der Waals surface area contributed by atoms with E-state index in [0.717, 1.165) is 64.5 Å². The maximum atomic E-state index is 11.2. The highest BCUT2D eigenvalue weighted by molar-refractivity contribution is 6.32. The fourth-order valence-corrected chi connectivity index (χ4v) is 5.07. The fraction of sp³-hybridized carbons (Fsp3) is 0.500. The van der Waals surface area contributed by atoms with Crippen LogP contribution in [0.5, 0.6) is 0 Å². The zero-order valence-corrected chi connectivity index (χ0v) is 20.4. The Hall–Kier alpha value is -1.71. The van der Waals surface area contributed by atoms with Gasteiger partial charge in [-0.2, -0.15) is 0 Å². The molecule has 2 N–H and O–H groups in total. The van der Waals surface area contributed by atoms with E-state index in [1.54, 1.807) is 0 Å². The summed E-state index contributed by atoms with van der Waals surface area (Å²) in [5.74, 6) is 0.0356. The molecule has 3 nitrogen and oxygen atoms in total. The van der Waals surface area contributed by atoms with Gasteiger partial charge in [-0.05, 0) is 98.2 Å². The van der Waals surface area contributed by atoms with Crippen LogP contribution in [0.15, 0.2) is 30.3 Å². The number of hydrogen-bond acceptors (Lipinski definition) is 2. The number of benzene rings is 2. The lowest BCUT2D eigenvalue weighted by atomic mass is 9.92. The van der Waals surface area contributed by atoms with Crippen LogP contribution in [-0.4, -0.2) is 11.1 Å². The Balaban J connectivity index is 1.73. The number of nitrogens with one attached hydrogen (secondary N) is 1. The second kappa shape index (κ2) is 10.3. The first-order valence-corrected chi connectivity index (χ1v) is 12.0. The molecular formula is C26H33Cl2NO2. The molecule has 3 unspecified atom stereocenters. The number of anilines is 1. The van der Waals surface area contributed by atoms with E-state index in [1.165, 1.54) is 5.56 Å². The predicted octanol–water partition coefficient (Wildman–Crippen LogP) is 7.85. The first kappa shape index (κ1) is 23.9. The van der Waals surface area contributed by atoms with Gasteiger partial charge in [0.1, 0.15) is 0 Å². The van der Waals surface area contributed by atoms with Crippen LogP contribution in [0, 0.1) is 31.6 Å². The van der Waals surface area contributed by atoms with Gasteiger partial charge in [0, 0.05) is 15.7 Å². The van der Waals surface area contributed by atoms with Gasteiger partial charge in [-0.1, -0.05) is 49.2 Å². The number of carboxylic acid groups (broad SMARTS) is 1. The van der Waals surface area contributed by atoms with E-state index in [2.05, 4.69) is 51.2 Å². The van der Waals surface area contributed by atoms with Crippen LogP contribution in [0.2, 0.25) is 10.0 Å². The molecule has 0 amide bonds. The summed E-state index contributed by atoms with van der Waals surface area (Å²) >= 11 is 12.9. The molecule has 0 aromatic heterocycles. The summed E-state index contributed by atoms with van der Waals surface area (Å²) in [6, 6.07) is 10.6. The number of halogens is 2. The third kappa shape index (κ3) is 5.96. The highest BCUT2D eigenvalue weighted by Crippen LogP contribution is 2.36. The fourth-order valence-electron chi connectivity index (χ4n) is 4.75. The van der Waals surface area contributed by atoms with Gasteiger partial charge in [-0.3, -0.25) is 4.79 Å². The van der Waals surface area contributed by atoms with E-state index in [-0.39, 0.29) is 12.0 Å². The molecule has 0 aliphatic heterocycles. The normalized spacial score (nSPS) is 19.6. The molecular weight excluding hydrogens is 429 g/mol. The van der Waals surface area contributed by atoms with Gasteiger partial charge in [0.05, 0.1) is 12.0 Å². The number of aryl methyl sites for hydroxylation is 3. The molecule has 5 heteroatoms. The maximum absolute atomic E-state index is 11.2. The third-order valence-corrected chi connectivity index (χ3v) is 7.53. The summed E-state index contributed by atoms with van der Waals surface area (Å²) in [4.78, 5) is 11.2. The summed E-state index contributed by atoms with van der Waals surface area (Å²) in [5, 5.41) is 14.5. The molecule has 0 saturated heterocycles. The zero-order chi connectivity index (χ0) is 22.7. The molecule has 0 spiro atoms. The van der Waals surface area contributed by atoms with Gasteiger partial charge in [-0.15, -0.1) is 0 Å². The van der Waals surface area contributed by atoms with E-state index in [0.29, 0.717) is 11.8 Å². The second-order valence-corrected chi connectivity index (χ2v) is 10.2. The molecule has 168 valence electrons. The second-order valence-electron chi connectivity index (χ2n) is 9.39. The van der Waals surface area contributed by atoms with Gasteiger partial charge < -0.3 is 10.4 Å². The standard InChI is InChI=1S/C26H33Cl2NO2/c1-15(2)25(21-11-16(3)24(28)17(4)12-21)29-22-9-10-23(27)19(14-22)7-5-18-6-8-20(13-18)26(30)31/h9-12,14-15,18,20,25,29H,5-8,13H2,1-4H3,(H,30,31). The Morgan fingerprint density at radius 3 is 2.39 bits per heavy atom. The van der Waals surface area contributed by atoms with E-state index < -0.39 is 5.97 Å². The van der Waals surface area contributed by atoms with Crippen molar-refractivity contribution in [3.63, 3.8) is 0 Å². The lowest BCUT2D eigenvalue weighted by Crippen LogP contribution is -2.17. The van der Waals surface area contributed by atoms with E-state index in [9.17, 15) is 9.90 Å². The largest absolute Gasteiger partial charge is 0.481 e. The van der Waals surface area contributed by atoms with Crippen molar-refractivity contribution in [3.05, 3.63) is 62.6 Å². The number of carbonyl (C=O) groups is 1. The molecule has 2 aromatic rings. The number of aliphatic carboxylic acids is 1. The van der Waals surface area contributed by atoms with Crippen molar-refractivity contribution in [2.24, 2.45) is 17.8 Å². The summed E-state index contributed by atoms with van der Waals surface area (Å²) in [7, 11) is 0. The van der Waals surface area contributed by atoms with Crippen LogP contribution in [0.4, 0.5) is 5.69 Å². The molecule has 3 rings (SSSR count). The molecule has 3 atom stereocenters. The molecule has 0 radical (unpaired) electrons. The number of carboxylic acids is 1. The number of rotatable bonds is 8. The van der Waals surface area contributed by atoms with Gasteiger partial charge in [0.2, 0.25) is 0 Å². The molecule has 2 aromatic carbocycles. The van der Waals surface area contributed by atoms with Crippen molar-refractivity contribution >= 4 is 34.9 Å². The average molecular weight is 462 g/mol. The first-order valence-electron chi connectivity index (χ1n) is 11.2. The summed E-state index contributed by atoms with van der Waals surface area (Å²) in [6.07, 6.45) is 4.44. The lowest BCUT2D eigenvalue weighted by molar-refractivity contribution is -0.141. The first-order chi connectivity index (χ1) is 14.7. The highest BCUT2D eigenvalue weighted by Gasteiger charge is 2.29. The monoisotopic (exact) mass is 461 g/mol. The third-order valence-electron chi connectivity index (χ3n) is 6.56. The quantitative estimate of drug-likeness (QED) is 0.420. The minimum Gasteiger partial charge on any atom is -0.481 e. The van der Waals surface area contributed by atoms with E-state index >= 15 is 0 Å². The van der Waals surface area contributed by atoms with Crippen molar-refractivity contribution < 1.29 is 9.90 Å². The van der Waals surface area contributed by atoms with Crippen LogP contribution in [0.1, 0.15) is 67.8 Å². The molecule has 1 saturated carbocycles. The van der Waals surface area contributed by atoms with Gasteiger partial charge >= 0.3 is 5.97 Å². The van der Waals surface area contributed by atoms with Crippen molar-refractivity contribution in [1.82, 2.24) is 0 Å². The molecule has 0 bridgehead atoms. The lowest BCUT2D eigenvalue weighted by Gasteiger charge is -2.26. The van der Waals surface area contributed by atoms with Crippen LogP contribution in [0.25, 0.3) is 0 Å². The summed E-state index contributed by atoms with van der Waals surface area (Å²) in [5.41, 5.74) is 5.60. The summed E-state index contributed by atoms with van der Waals surface area (Å²) < 4.78 is 0. The predicted molar refractivity (Wildman–Crippen MR) is 130 cm³/mol. The van der Waals surface area contributed by atoms with Gasteiger partial charge in [0.25, 0.3) is 0 Å². The van der Waals surface area contributed by atoms with Crippen molar-refractivity contribution in [3.8, 4) is 0 Å². The highest BCUT2D eigenvalue weighted by atomic mass is 35.5. The number of hydrogen-bond donors (Lipinski definition) is 2. The Bertz CT molecular complexity index is 918. The van der Waals surface area contributed by atoms with Crippen molar-refractivity contribution in [1.29, 1.82) is 0 Å². The summed E-state index contributed by atoms with van der Waals surface area (Å²) in [6.45, 7) is 8.53. The van der Waals surface area contributed by atoms with Crippen LogP contribution >= 0.6 is 23.2 Å². The smallest absolute Gasteiger partial charge is 0.306 e. The van der Waals surface area contributed by atoms with E-state index in [4.69, 9.17) is 23.2 Å². The van der Waals surface area contributed by atoms with Crippen molar-refractivity contribution in [2.45, 2.75) is 65.8 Å². The Morgan fingerprint density at radius 2 is 1.81 bits per heavy atom. The van der Waals surface area contributed by atoms with Crippen molar-refractivity contribution in [2.75, 3.05) is 5.32 Å². The van der Waals surface area contributed by atoms with E-state index in [1.807, 2.05) is 12.1 Å². The molecule has 1 aliphatic carbocycles. The molecule has 0 heterocycles. The topological polar surface area (TPSA) is 49.3 Å². The minimum absolute atomic E-state index is 0.162.